The van der Waals surface area contributed by atoms with E-state index in [1.807, 2.05) is 12.3 Å². The van der Waals surface area contributed by atoms with Crippen molar-refractivity contribution < 1.29 is 0 Å². The van der Waals surface area contributed by atoms with Gasteiger partial charge in [-0.15, -0.1) is 23.5 Å². The second-order valence-corrected chi connectivity index (χ2v) is 5.21. The average Bonchev–Trinajstić information content (AvgIpc) is 2.16. The largest absolute Gasteiger partial charge is 0.111 e. The number of thioether (sulfide) groups is 2. The van der Waals surface area contributed by atoms with E-state index in [4.69, 9.17) is 12.2 Å². The van der Waals surface area contributed by atoms with Gasteiger partial charge < -0.3 is 0 Å². The van der Waals surface area contributed by atoms with Gasteiger partial charge in [0.05, 0.1) is 0 Å². The van der Waals surface area contributed by atoms with Crippen LogP contribution in [0.4, 0.5) is 0 Å². The summed E-state index contributed by atoms with van der Waals surface area (Å²) in [7, 11) is 0. The van der Waals surface area contributed by atoms with Crippen molar-refractivity contribution in [1.29, 1.82) is 0 Å². The van der Waals surface area contributed by atoms with Crippen molar-refractivity contribution in [3.8, 4) is 0 Å². The molecule has 3 heteroatoms. The summed E-state index contributed by atoms with van der Waals surface area (Å²) in [6.07, 6.45) is 2.01. The first-order valence-electron chi connectivity index (χ1n) is 3.57. The van der Waals surface area contributed by atoms with E-state index in [1.165, 1.54) is 5.56 Å². The van der Waals surface area contributed by atoms with Crippen LogP contribution in [0.2, 0.25) is 0 Å². The third-order valence-corrected chi connectivity index (χ3v) is 4.12. The minimum absolute atomic E-state index is 0.987. The Morgan fingerprint density at radius 2 is 2.00 bits per heavy atom. The molecule has 0 nitrogen and oxygen atoms in total. The predicted molar refractivity (Wildman–Crippen MR) is 63.9 cm³/mol. The van der Waals surface area contributed by atoms with Gasteiger partial charge in [0.1, 0.15) is 3.53 Å². The van der Waals surface area contributed by atoms with Crippen LogP contribution in [-0.2, 0) is 5.75 Å². The molecule has 0 aromatic heterocycles. The molecule has 0 saturated heterocycles. The minimum Gasteiger partial charge on any atom is -0.111 e. The molecular formula is C9H10S3. The number of rotatable bonds is 2. The maximum atomic E-state index is 5.08. The molecule has 0 saturated carbocycles. The second kappa shape index (κ2) is 5.62. The smallest absolute Gasteiger partial charge is 0.104 e. The van der Waals surface area contributed by atoms with Gasteiger partial charge >= 0.3 is 0 Å². The van der Waals surface area contributed by atoms with Crippen molar-refractivity contribution in [3.05, 3.63) is 35.9 Å². The molecule has 0 aliphatic heterocycles. The maximum Gasteiger partial charge on any atom is 0.104 e. The van der Waals surface area contributed by atoms with E-state index >= 15 is 0 Å². The van der Waals surface area contributed by atoms with Gasteiger partial charge in [0.2, 0.25) is 0 Å². The van der Waals surface area contributed by atoms with Crippen LogP contribution in [0.5, 0.6) is 0 Å². The first kappa shape index (κ1) is 10.1. The van der Waals surface area contributed by atoms with Crippen molar-refractivity contribution in [2.75, 3.05) is 6.26 Å². The summed E-state index contributed by atoms with van der Waals surface area (Å²) in [6, 6.07) is 10.4. The van der Waals surface area contributed by atoms with Gasteiger partial charge in [-0.3, -0.25) is 0 Å². The highest BCUT2D eigenvalue weighted by atomic mass is 32.2. The minimum atomic E-state index is 0.987. The zero-order chi connectivity index (χ0) is 8.81. The van der Waals surface area contributed by atoms with Gasteiger partial charge in [0, 0.05) is 5.75 Å². The highest BCUT2D eigenvalue weighted by molar-refractivity contribution is 8.46. The Morgan fingerprint density at radius 1 is 1.33 bits per heavy atom. The fourth-order valence-corrected chi connectivity index (χ4v) is 2.08. The van der Waals surface area contributed by atoms with Gasteiger partial charge in [-0.05, 0) is 11.8 Å². The molecule has 0 aliphatic carbocycles. The van der Waals surface area contributed by atoms with Crippen LogP contribution < -0.4 is 0 Å². The van der Waals surface area contributed by atoms with Gasteiger partial charge in [-0.1, -0.05) is 42.5 Å². The zero-order valence-electron chi connectivity index (χ0n) is 6.82. The lowest BCUT2D eigenvalue weighted by atomic mass is 10.2. The third kappa shape index (κ3) is 3.61. The second-order valence-electron chi connectivity index (χ2n) is 2.23. The maximum absolute atomic E-state index is 5.08. The molecule has 1 aromatic carbocycles. The number of thiocarbonyl (C=S) groups is 1. The van der Waals surface area contributed by atoms with Crippen LogP contribution in [-0.4, -0.2) is 9.78 Å². The molecular weight excluding hydrogens is 204 g/mol. The van der Waals surface area contributed by atoms with Crippen LogP contribution in [0.3, 0.4) is 0 Å². The van der Waals surface area contributed by atoms with E-state index in [9.17, 15) is 0 Å². The van der Waals surface area contributed by atoms with Crippen molar-refractivity contribution in [2.45, 2.75) is 5.75 Å². The van der Waals surface area contributed by atoms with Crippen LogP contribution in [0.1, 0.15) is 5.56 Å². The quantitative estimate of drug-likeness (QED) is 0.691. The molecule has 1 rings (SSSR count). The molecule has 0 amide bonds. The summed E-state index contributed by atoms with van der Waals surface area (Å²) < 4.78 is 1.01. The molecule has 12 heavy (non-hydrogen) atoms. The Morgan fingerprint density at radius 3 is 2.58 bits per heavy atom. The van der Waals surface area contributed by atoms with Crippen molar-refractivity contribution in [3.63, 3.8) is 0 Å². The average molecular weight is 214 g/mol. The van der Waals surface area contributed by atoms with E-state index < -0.39 is 0 Å². The summed E-state index contributed by atoms with van der Waals surface area (Å²) in [5.74, 6) is 0.987. The predicted octanol–water partition coefficient (Wildman–Crippen LogP) is 3.57. The molecule has 64 valence electrons. The lowest BCUT2D eigenvalue weighted by Gasteiger charge is -1.99. The standard InChI is InChI=1S/C9H10S3/c1-11-9(10)12-7-8-5-3-2-4-6-8/h2-6H,7H2,1H3. The van der Waals surface area contributed by atoms with E-state index in [1.54, 1.807) is 23.5 Å². The lowest BCUT2D eigenvalue weighted by molar-refractivity contribution is 1.43. The number of hydrogen-bond donors (Lipinski definition) is 0. The molecule has 0 unspecified atom stereocenters. The summed E-state index contributed by atoms with van der Waals surface area (Å²) in [6.45, 7) is 0. The van der Waals surface area contributed by atoms with Crippen molar-refractivity contribution >= 4 is 39.3 Å². The fourth-order valence-electron chi connectivity index (χ4n) is 0.775. The first-order chi connectivity index (χ1) is 5.83. The van der Waals surface area contributed by atoms with Gasteiger partial charge in [0.25, 0.3) is 0 Å². The summed E-state index contributed by atoms with van der Waals surface area (Å²) in [4.78, 5) is 0. The van der Waals surface area contributed by atoms with Crippen LogP contribution in [0.15, 0.2) is 30.3 Å². The Balaban J connectivity index is 2.38. The molecule has 1 aromatic rings. The first-order valence-corrected chi connectivity index (χ1v) is 6.19. The molecule has 0 N–H and O–H groups in total. The summed E-state index contributed by atoms with van der Waals surface area (Å²) >= 11 is 8.44. The van der Waals surface area contributed by atoms with Gasteiger partial charge in [0.15, 0.2) is 0 Å². The van der Waals surface area contributed by atoms with Crippen molar-refractivity contribution in [1.82, 2.24) is 0 Å². The highest BCUT2D eigenvalue weighted by Gasteiger charge is 1.95. The lowest BCUT2D eigenvalue weighted by Crippen LogP contribution is -1.82. The van der Waals surface area contributed by atoms with Gasteiger partial charge in [-0.2, -0.15) is 0 Å². The zero-order valence-corrected chi connectivity index (χ0v) is 9.27. The normalized spacial score (nSPS) is 9.75. The Hall–Kier alpha value is 0.01000. The van der Waals surface area contributed by atoms with Crippen LogP contribution in [0.25, 0.3) is 0 Å². The highest BCUT2D eigenvalue weighted by Crippen LogP contribution is 2.19. The molecule has 0 heterocycles. The van der Waals surface area contributed by atoms with E-state index in [2.05, 4.69) is 24.3 Å². The van der Waals surface area contributed by atoms with E-state index in [0.29, 0.717) is 0 Å². The molecule has 0 radical (unpaired) electrons. The number of hydrogen-bond acceptors (Lipinski definition) is 3. The molecule has 0 bridgehead atoms. The molecule has 0 fully saturated rings. The SMILES string of the molecule is CSC(=S)SCc1ccccc1. The van der Waals surface area contributed by atoms with Crippen LogP contribution >= 0.6 is 35.7 Å². The third-order valence-electron chi connectivity index (χ3n) is 1.37. The van der Waals surface area contributed by atoms with Gasteiger partial charge in [-0.25, -0.2) is 0 Å². The molecule has 0 aliphatic rings. The topological polar surface area (TPSA) is 0 Å². The summed E-state index contributed by atoms with van der Waals surface area (Å²) in [5, 5.41) is 0. The molecule has 0 atom stereocenters. The van der Waals surface area contributed by atoms with E-state index in [-0.39, 0.29) is 0 Å². The number of benzene rings is 1. The summed E-state index contributed by atoms with van der Waals surface area (Å²) in [5.41, 5.74) is 1.33. The molecule has 0 spiro atoms. The van der Waals surface area contributed by atoms with Crippen molar-refractivity contribution in [2.24, 2.45) is 0 Å². The Bertz CT molecular complexity index is 243. The Labute approximate surface area is 87.1 Å². The Kier molecular flexibility index (Phi) is 4.73. The fraction of sp³-hybridized carbons (Fsp3) is 0.222. The van der Waals surface area contributed by atoms with Crippen LogP contribution in [0, 0.1) is 0 Å². The van der Waals surface area contributed by atoms with E-state index in [0.717, 1.165) is 9.28 Å². The monoisotopic (exact) mass is 214 g/mol.